The van der Waals surface area contributed by atoms with Crippen LogP contribution in [0.5, 0.6) is 0 Å². The predicted octanol–water partition coefficient (Wildman–Crippen LogP) is 21.4. The molecule has 0 saturated heterocycles. The van der Waals surface area contributed by atoms with E-state index in [0.717, 1.165) is 141 Å². The van der Waals surface area contributed by atoms with Crippen molar-refractivity contribution < 1.29 is 28.6 Å². The standard InChI is InChI=1S/C69H116O6/c1-4-7-10-13-16-19-22-24-26-28-29-30-31-32-33-34-35-36-37-38-39-40-41-42-44-45-47-50-53-56-59-62-68(71)74-65-66(64-73-67(70)61-58-55-52-49-21-18-15-12-9-6-3)75-69(72)63-60-57-54-51-48-46-43-27-25-23-20-17-14-11-8-5-2/h7,10,12,15-16,19-20,23-24,26-27,29-30,32-33,35-36,43,66H,4-6,8-9,11,13-14,17-18,21-22,25,28,31,34,37-42,44-65H2,1-3H3/b10-7-,15-12-,19-16-,23-20-,26-24-,30-29-,33-32-,36-35-,43-27-. The van der Waals surface area contributed by atoms with Crippen LogP contribution in [0.1, 0.15) is 290 Å². The zero-order valence-electron chi connectivity index (χ0n) is 49.0. The Hall–Kier alpha value is -3.93. The number of esters is 3. The second-order valence-electron chi connectivity index (χ2n) is 20.6. The van der Waals surface area contributed by atoms with Crippen molar-refractivity contribution in [1.82, 2.24) is 0 Å². The third kappa shape index (κ3) is 60.8. The Morgan fingerprint density at radius 1 is 0.280 bits per heavy atom. The summed E-state index contributed by atoms with van der Waals surface area (Å²) in [6, 6.07) is 0. The summed E-state index contributed by atoms with van der Waals surface area (Å²) in [7, 11) is 0. The number of allylic oxidation sites excluding steroid dienone is 18. The third-order valence-electron chi connectivity index (χ3n) is 13.2. The maximum atomic E-state index is 12.9. The van der Waals surface area contributed by atoms with Crippen molar-refractivity contribution in [3.8, 4) is 0 Å². The Kier molecular flexibility index (Phi) is 59.3. The van der Waals surface area contributed by atoms with E-state index in [1.54, 1.807) is 0 Å². The van der Waals surface area contributed by atoms with E-state index in [4.69, 9.17) is 14.2 Å². The van der Waals surface area contributed by atoms with Gasteiger partial charge in [0, 0.05) is 19.3 Å². The highest BCUT2D eigenvalue weighted by Crippen LogP contribution is 2.15. The second-order valence-corrected chi connectivity index (χ2v) is 20.6. The summed E-state index contributed by atoms with van der Waals surface area (Å²) in [5, 5.41) is 0. The number of hydrogen-bond acceptors (Lipinski definition) is 6. The first-order chi connectivity index (χ1) is 37.0. The molecule has 0 amide bonds. The number of carbonyl (C=O) groups excluding carboxylic acids is 3. The summed E-state index contributed by atoms with van der Waals surface area (Å²) in [5.74, 6) is -0.909. The minimum absolute atomic E-state index is 0.0870. The fourth-order valence-corrected chi connectivity index (χ4v) is 8.54. The van der Waals surface area contributed by atoms with Crippen molar-refractivity contribution in [3.05, 3.63) is 109 Å². The van der Waals surface area contributed by atoms with Gasteiger partial charge < -0.3 is 14.2 Å². The lowest BCUT2D eigenvalue weighted by atomic mass is 10.0. The van der Waals surface area contributed by atoms with E-state index in [0.29, 0.717) is 19.3 Å². The van der Waals surface area contributed by atoms with Gasteiger partial charge in [-0.05, 0) is 122 Å². The molecule has 0 aromatic carbocycles. The molecule has 1 atom stereocenters. The number of ether oxygens (including phenoxy) is 3. The van der Waals surface area contributed by atoms with Crippen molar-refractivity contribution in [2.24, 2.45) is 0 Å². The molecule has 0 aromatic rings. The number of rotatable bonds is 56. The molecule has 0 aromatic heterocycles. The molecule has 0 heterocycles. The third-order valence-corrected chi connectivity index (χ3v) is 13.2. The average Bonchev–Trinajstić information content (AvgIpc) is 3.41. The Balaban J connectivity index is 4.20. The molecule has 0 saturated carbocycles. The van der Waals surface area contributed by atoms with Crippen LogP contribution in [0.2, 0.25) is 0 Å². The lowest BCUT2D eigenvalue weighted by Gasteiger charge is -2.18. The summed E-state index contributed by atoms with van der Waals surface area (Å²) in [4.78, 5) is 38.1. The van der Waals surface area contributed by atoms with E-state index in [2.05, 4.69) is 130 Å². The molecule has 75 heavy (non-hydrogen) atoms. The van der Waals surface area contributed by atoms with E-state index in [1.165, 1.54) is 109 Å². The SMILES string of the molecule is CC/C=C\C/C=C\C/C=C\C/C=C\C/C=C\C/C=C\CCCCCCCCCCCCCCC(=O)OCC(COC(=O)CCCCCCC/C=C\CCC)OC(=O)CCCCCCC/C=C\C/C=C\CCCCCC. The lowest BCUT2D eigenvalue weighted by molar-refractivity contribution is -0.167. The zero-order valence-corrected chi connectivity index (χ0v) is 49.0. The Labute approximate surface area is 463 Å². The molecule has 0 N–H and O–H groups in total. The zero-order chi connectivity index (χ0) is 54.3. The molecule has 0 rings (SSSR count). The van der Waals surface area contributed by atoms with Gasteiger partial charge in [0.1, 0.15) is 13.2 Å². The van der Waals surface area contributed by atoms with Crippen molar-refractivity contribution in [2.75, 3.05) is 13.2 Å². The fraction of sp³-hybridized carbons (Fsp3) is 0.696. The minimum atomic E-state index is -0.790. The van der Waals surface area contributed by atoms with Gasteiger partial charge in [0.25, 0.3) is 0 Å². The second kappa shape index (κ2) is 62.6. The molecular formula is C69H116O6. The van der Waals surface area contributed by atoms with Crippen LogP contribution in [0.3, 0.4) is 0 Å². The van der Waals surface area contributed by atoms with Gasteiger partial charge in [0.2, 0.25) is 0 Å². The van der Waals surface area contributed by atoms with E-state index in [1.807, 2.05) is 0 Å². The highest BCUT2D eigenvalue weighted by atomic mass is 16.6. The average molecular weight is 1040 g/mol. The van der Waals surface area contributed by atoms with E-state index in [-0.39, 0.29) is 31.1 Å². The first kappa shape index (κ1) is 71.1. The lowest BCUT2D eigenvalue weighted by Crippen LogP contribution is -2.30. The summed E-state index contributed by atoms with van der Waals surface area (Å²) in [6.07, 6.45) is 85.3. The van der Waals surface area contributed by atoms with Gasteiger partial charge in [-0.25, -0.2) is 0 Å². The molecule has 0 fully saturated rings. The topological polar surface area (TPSA) is 78.9 Å². The van der Waals surface area contributed by atoms with Crippen molar-refractivity contribution in [3.63, 3.8) is 0 Å². The smallest absolute Gasteiger partial charge is 0.306 e. The molecule has 0 aliphatic rings. The van der Waals surface area contributed by atoms with Crippen LogP contribution in [0.15, 0.2) is 109 Å². The summed E-state index contributed by atoms with van der Waals surface area (Å²) >= 11 is 0. The van der Waals surface area contributed by atoms with E-state index >= 15 is 0 Å². The summed E-state index contributed by atoms with van der Waals surface area (Å²) in [6.45, 7) is 6.44. The van der Waals surface area contributed by atoms with Gasteiger partial charge >= 0.3 is 17.9 Å². The molecule has 6 nitrogen and oxygen atoms in total. The largest absolute Gasteiger partial charge is 0.462 e. The van der Waals surface area contributed by atoms with Crippen LogP contribution in [0, 0.1) is 0 Å². The van der Waals surface area contributed by atoms with Crippen molar-refractivity contribution in [2.45, 2.75) is 297 Å². The van der Waals surface area contributed by atoms with Crippen LogP contribution in [-0.2, 0) is 28.6 Å². The Morgan fingerprint density at radius 3 is 0.880 bits per heavy atom. The highest BCUT2D eigenvalue weighted by molar-refractivity contribution is 5.71. The molecule has 0 aliphatic carbocycles. The normalized spacial score (nSPS) is 12.8. The maximum absolute atomic E-state index is 12.9. The van der Waals surface area contributed by atoms with Gasteiger partial charge in [-0.3, -0.25) is 14.4 Å². The molecule has 1 unspecified atom stereocenters. The molecule has 0 aliphatic heterocycles. The summed E-state index contributed by atoms with van der Waals surface area (Å²) < 4.78 is 16.8. The molecule has 0 radical (unpaired) electrons. The first-order valence-electron chi connectivity index (χ1n) is 31.4. The number of unbranched alkanes of at least 4 members (excludes halogenated alkanes) is 27. The molecule has 428 valence electrons. The molecule has 0 bridgehead atoms. The number of carbonyl (C=O) groups is 3. The first-order valence-corrected chi connectivity index (χ1v) is 31.4. The van der Waals surface area contributed by atoms with Gasteiger partial charge in [-0.2, -0.15) is 0 Å². The van der Waals surface area contributed by atoms with E-state index in [9.17, 15) is 14.4 Å². The molecule has 6 heteroatoms. The quantitative estimate of drug-likeness (QED) is 0.0261. The van der Waals surface area contributed by atoms with Crippen LogP contribution < -0.4 is 0 Å². The molecular weight excluding hydrogens is 925 g/mol. The van der Waals surface area contributed by atoms with Crippen LogP contribution >= 0.6 is 0 Å². The fourth-order valence-electron chi connectivity index (χ4n) is 8.54. The molecule has 0 spiro atoms. The van der Waals surface area contributed by atoms with Gasteiger partial charge in [0.15, 0.2) is 6.10 Å². The van der Waals surface area contributed by atoms with Gasteiger partial charge in [0.05, 0.1) is 0 Å². The van der Waals surface area contributed by atoms with Crippen LogP contribution in [-0.4, -0.2) is 37.2 Å². The van der Waals surface area contributed by atoms with Crippen LogP contribution in [0.25, 0.3) is 0 Å². The summed E-state index contributed by atoms with van der Waals surface area (Å²) in [5.41, 5.74) is 0. The Bertz CT molecular complexity index is 1520. The van der Waals surface area contributed by atoms with Crippen molar-refractivity contribution in [1.29, 1.82) is 0 Å². The van der Waals surface area contributed by atoms with E-state index < -0.39 is 6.10 Å². The monoisotopic (exact) mass is 1040 g/mol. The number of hydrogen-bond donors (Lipinski definition) is 0. The van der Waals surface area contributed by atoms with Crippen molar-refractivity contribution >= 4 is 17.9 Å². The van der Waals surface area contributed by atoms with Gasteiger partial charge in [-0.1, -0.05) is 259 Å². The predicted molar refractivity (Wildman–Crippen MR) is 325 cm³/mol. The van der Waals surface area contributed by atoms with Crippen LogP contribution in [0.4, 0.5) is 0 Å². The maximum Gasteiger partial charge on any atom is 0.306 e. The minimum Gasteiger partial charge on any atom is -0.462 e. The Morgan fingerprint density at radius 2 is 0.547 bits per heavy atom. The van der Waals surface area contributed by atoms with Gasteiger partial charge in [-0.15, -0.1) is 0 Å². The highest BCUT2D eigenvalue weighted by Gasteiger charge is 2.19.